The molecule has 1 aliphatic rings. The Kier molecular flexibility index (Phi) is 4.22. The molecule has 0 saturated heterocycles. The van der Waals surface area contributed by atoms with Crippen LogP contribution in [0, 0.1) is 17.3 Å². The van der Waals surface area contributed by atoms with Crippen molar-refractivity contribution >= 4 is 0 Å². The zero-order valence-corrected chi connectivity index (χ0v) is 11.4. The van der Waals surface area contributed by atoms with E-state index in [1.807, 2.05) is 0 Å². The van der Waals surface area contributed by atoms with Crippen LogP contribution in [0.25, 0.3) is 0 Å². The zero-order valence-electron chi connectivity index (χ0n) is 11.4. The second-order valence-corrected chi connectivity index (χ2v) is 6.85. The molecule has 1 N–H and O–H groups in total. The lowest BCUT2D eigenvalue weighted by atomic mass is 9.91. The van der Waals surface area contributed by atoms with Crippen molar-refractivity contribution in [1.82, 2.24) is 5.32 Å². The van der Waals surface area contributed by atoms with Crippen LogP contribution in [0.5, 0.6) is 0 Å². The van der Waals surface area contributed by atoms with Gasteiger partial charge in [-0.1, -0.05) is 34.6 Å². The van der Waals surface area contributed by atoms with Gasteiger partial charge in [0.15, 0.2) is 0 Å². The summed E-state index contributed by atoms with van der Waals surface area (Å²) < 4.78 is 0. The average molecular weight is 211 g/mol. The van der Waals surface area contributed by atoms with E-state index in [-0.39, 0.29) is 0 Å². The largest absolute Gasteiger partial charge is 0.311 e. The zero-order chi connectivity index (χ0) is 11.6. The van der Waals surface area contributed by atoms with Gasteiger partial charge in [-0.15, -0.1) is 0 Å². The Labute approximate surface area is 96.0 Å². The van der Waals surface area contributed by atoms with Gasteiger partial charge in [0.05, 0.1) is 0 Å². The maximum atomic E-state index is 3.82. The van der Waals surface area contributed by atoms with E-state index >= 15 is 0 Å². The van der Waals surface area contributed by atoms with E-state index in [4.69, 9.17) is 0 Å². The molecule has 15 heavy (non-hydrogen) atoms. The third-order valence-electron chi connectivity index (χ3n) is 3.66. The van der Waals surface area contributed by atoms with Crippen LogP contribution in [0.4, 0.5) is 0 Å². The minimum atomic E-state index is 0.550. The standard InChI is InChI=1S/C14H29N/c1-10(2)7-12(4)15-13-9-14(5,6)8-11(13)3/h10-13,15H,7-9H2,1-6H3. The quantitative estimate of drug-likeness (QED) is 0.745. The van der Waals surface area contributed by atoms with E-state index in [2.05, 4.69) is 46.9 Å². The Morgan fingerprint density at radius 1 is 1.20 bits per heavy atom. The minimum Gasteiger partial charge on any atom is -0.311 e. The van der Waals surface area contributed by atoms with Gasteiger partial charge in [0.25, 0.3) is 0 Å². The van der Waals surface area contributed by atoms with Gasteiger partial charge < -0.3 is 5.32 Å². The van der Waals surface area contributed by atoms with Gasteiger partial charge in [-0.3, -0.25) is 0 Å². The second kappa shape index (κ2) is 4.86. The third kappa shape index (κ3) is 4.14. The molecular formula is C14H29N. The highest BCUT2D eigenvalue weighted by Crippen LogP contribution is 2.41. The van der Waals surface area contributed by atoms with Gasteiger partial charge in [-0.2, -0.15) is 0 Å². The fraction of sp³-hybridized carbons (Fsp3) is 1.00. The van der Waals surface area contributed by atoms with Crippen LogP contribution >= 0.6 is 0 Å². The molecule has 1 nitrogen and oxygen atoms in total. The van der Waals surface area contributed by atoms with Gasteiger partial charge in [-0.05, 0) is 43.4 Å². The predicted molar refractivity (Wildman–Crippen MR) is 68.0 cm³/mol. The van der Waals surface area contributed by atoms with Crippen molar-refractivity contribution in [3.05, 3.63) is 0 Å². The molecule has 1 fully saturated rings. The van der Waals surface area contributed by atoms with Crippen LogP contribution in [-0.4, -0.2) is 12.1 Å². The lowest BCUT2D eigenvalue weighted by Gasteiger charge is -2.24. The Morgan fingerprint density at radius 2 is 1.80 bits per heavy atom. The molecule has 0 amide bonds. The van der Waals surface area contributed by atoms with E-state index < -0.39 is 0 Å². The molecule has 90 valence electrons. The molecule has 3 unspecified atom stereocenters. The first-order valence-corrected chi connectivity index (χ1v) is 6.56. The van der Waals surface area contributed by atoms with Gasteiger partial charge in [0.1, 0.15) is 0 Å². The molecule has 0 aromatic rings. The lowest BCUT2D eigenvalue weighted by molar-refractivity contribution is 0.337. The van der Waals surface area contributed by atoms with Crippen LogP contribution in [0.3, 0.4) is 0 Å². The van der Waals surface area contributed by atoms with E-state index in [9.17, 15) is 0 Å². The lowest BCUT2D eigenvalue weighted by Crippen LogP contribution is -2.39. The van der Waals surface area contributed by atoms with Crippen LogP contribution in [-0.2, 0) is 0 Å². The Morgan fingerprint density at radius 3 is 2.20 bits per heavy atom. The fourth-order valence-corrected chi connectivity index (χ4v) is 3.26. The molecule has 0 radical (unpaired) electrons. The molecule has 0 bridgehead atoms. The molecule has 1 aliphatic carbocycles. The van der Waals surface area contributed by atoms with E-state index in [1.54, 1.807) is 0 Å². The van der Waals surface area contributed by atoms with E-state index in [0.29, 0.717) is 11.5 Å². The van der Waals surface area contributed by atoms with Gasteiger partial charge in [0, 0.05) is 12.1 Å². The Balaban J connectivity index is 2.39. The second-order valence-electron chi connectivity index (χ2n) is 6.85. The van der Waals surface area contributed by atoms with Gasteiger partial charge in [0.2, 0.25) is 0 Å². The SMILES string of the molecule is CC(C)CC(C)NC1CC(C)(C)CC1C. The molecule has 0 aromatic carbocycles. The van der Waals surface area contributed by atoms with E-state index in [0.717, 1.165) is 17.9 Å². The van der Waals surface area contributed by atoms with E-state index in [1.165, 1.54) is 19.3 Å². The first-order chi connectivity index (χ1) is 6.80. The van der Waals surface area contributed by atoms with Crippen LogP contribution in [0.2, 0.25) is 0 Å². The summed E-state index contributed by atoms with van der Waals surface area (Å²) in [6.45, 7) is 14.1. The highest BCUT2D eigenvalue weighted by Gasteiger charge is 2.36. The Bertz CT molecular complexity index is 196. The van der Waals surface area contributed by atoms with Crippen molar-refractivity contribution in [3.8, 4) is 0 Å². The summed E-state index contributed by atoms with van der Waals surface area (Å²) in [5.41, 5.74) is 0.550. The monoisotopic (exact) mass is 211 g/mol. The predicted octanol–water partition coefficient (Wildman–Crippen LogP) is 3.84. The van der Waals surface area contributed by atoms with Crippen LogP contribution in [0.1, 0.15) is 60.8 Å². The highest BCUT2D eigenvalue weighted by atomic mass is 15.0. The summed E-state index contributed by atoms with van der Waals surface area (Å²) in [7, 11) is 0. The molecule has 1 rings (SSSR count). The molecule has 3 atom stereocenters. The minimum absolute atomic E-state index is 0.550. The molecule has 0 heterocycles. The number of nitrogens with one attached hydrogen (secondary N) is 1. The summed E-state index contributed by atoms with van der Waals surface area (Å²) in [6, 6.07) is 1.42. The molecule has 0 aliphatic heterocycles. The molecule has 0 spiro atoms. The highest BCUT2D eigenvalue weighted by molar-refractivity contribution is 4.92. The first kappa shape index (κ1) is 13.0. The first-order valence-electron chi connectivity index (χ1n) is 6.56. The third-order valence-corrected chi connectivity index (χ3v) is 3.66. The summed E-state index contributed by atoms with van der Waals surface area (Å²) in [5, 5.41) is 3.82. The summed E-state index contributed by atoms with van der Waals surface area (Å²) in [4.78, 5) is 0. The van der Waals surface area contributed by atoms with Crippen molar-refractivity contribution in [1.29, 1.82) is 0 Å². The van der Waals surface area contributed by atoms with Gasteiger partial charge >= 0.3 is 0 Å². The summed E-state index contributed by atoms with van der Waals surface area (Å²) in [5.74, 6) is 1.65. The average Bonchev–Trinajstić information content (AvgIpc) is 2.22. The van der Waals surface area contributed by atoms with Crippen LogP contribution in [0.15, 0.2) is 0 Å². The fourth-order valence-electron chi connectivity index (χ4n) is 3.26. The topological polar surface area (TPSA) is 12.0 Å². The normalized spacial score (nSPS) is 32.2. The molecule has 1 heteroatoms. The number of rotatable bonds is 4. The smallest absolute Gasteiger partial charge is 0.0100 e. The number of hydrogen-bond donors (Lipinski definition) is 1. The molecule has 1 saturated carbocycles. The van der Waals surface area contributed by atoms with Crippen molar-refractivity contribution in [2.75, 3.05) is 0 Å². The van der Waals surface area contributed by atoms with Crippen molar-refractivity contribution in [3.63, 3.8) is 0 Å². The van der Waals surface area contributed by atoms with Crippen LogP contribution < -0.4 is 5.32 Å². The molecular weight excluding hydrogens is 182 g/mol. The van der Waals surface area contributed by atoms with Crippen molar-refractivity contribution in [2.45, 2.75) is 72.9 Å². The van der Waals surface area contributed by atoms with Gasteiger partial charge in [-0.25, -0.2) is 0 Å². The van der Waals surface area contributed by atoms with Crippen molar-refractivity contribution in [2.24, 2.45) is 17.3 Å². The Hall–Kier alpha value is -0.0400. The maximum absolute atomic E-state index is 3.82. The maximum Gasteiger partial charge on any atom is 0.0100 e. The molecule has 0 aromatic heterocycles. The number of hydrogen-bond acceptors (Lipinski definition) is 1. The summed E-state index contributed by atoms with van der Waals surface area (Å²) in [6.07, 6.45) is 4.01. The van der Waals surface area contributed by atoms with Crippen molar-refractivity contribution < 1.29 is 0 Å². The summed E-state index contributed by atoms with van der Waals surface area (Å²) >= 11 is 0.